The standard InChI is InChI=1S/C7H8O6/c1-4-5(13-7(10)12-4)3-11-6(9)2-8/h2,4-5H,3H2,1H3. The summed E-state index contributed by atoms with van der Waals surface area (Å²) < 4.78 is 13.6. The molecule has 0 spiro atoms. The van der Waals surface area contributed by atoms with Gasteiger partial charge in [0.25, 0.3) is 0 Å². The van der Waals surface area contributed by atoms with Gasteiger partial charge in [-0.05, 0) is 6.92 Å². The summed E-state index contributed by atoms with van der Waals surface area (Å²) in [5, 5.41) is 0. The Morgan fingerprint density at radius 3 is 2.77 bits per heavy atom. The van der Waals surface area contributed by atoms with Gasteiger partial charge in [-0.2, -0.15) is 0 Å². The Labute approximate surface area is 73.7 Å². The molecule has 0 N–H and O–H groups in total. The summed E-state index contributed by atoms with van der Waals surface area (Å²) in [6, 6.07) is 0. The minimum absolute atomic E-state index is 0.0439. The first-order chi connectivity index (χ1) is 6.13. The summed E-state index contributed by atoms with van der Waals surface area (Å²) in [6.07, 6.45) is -1.84. The first-order valence-corrected chi connectivity index (χ1v) is 3.62. The summed E-state index contributed by atoms with van der Waals surface area (Å²) in [5.41, 5.74) is 0. The molecule has 0 saturated carbocycles. The van der Waals surface area contributed by atoms with E-state index in [0.29, 0.717) is 0 Å². The minimum atomic E-state index is -0.991. The Morgan fingerprint density at radius 2 is 2.31 bits per heavy atom. The fraction of sp³-hybridized carbons (Fsp3) is 0.571. The van der Waals surface area contributed by atoms with Crippen molar-refractivity contribution in [1.82, 2.24) is 0 Å². The van der Waals surface area contributed by atoms with Crippen LogP contribution in [0.25, 0.3) is 0 Å². The van der Waals surface area contributed by atoms with Crippen LogP contribution in [-0.4, -0.2) is 37.2 Å². The number of rotatable bonds is 3. The van der Waals surface area contributed by atoms with E-state index >= 15 is 0 Å². The van der Waals surface area contributed by atoms with Crippen LogP contribution in [0, 0.1) is 0 Å². The lowest BCUT2D eigenvalue weighted by Gasteiger charge is -2.09. The maximum absolute atomic E-state index is 10.5. The molecule has 1 aliphatic rings. The van der Waals surface area contributed by atoms with Gasteiger partial charge >= 0.3 is 12.1 Å². The number of carbonyl (C=O) groups excluding carboxylic acids is 3. The molecule has 1 rings (SSSR count). The second kappa shape index (κ2) is 3.88. The summed E-state index contributed by atoms with van der Waals surface area (Å²) in [6.45, 7) is 1.44. The van der Waals surface area contributed by atoms with Crippen LogP contribution in [0.3, 0.4) is 0 Å². The maximum Gasteiger partial charge on any atom is 0.509 e. The zero-order valence-corrected chi connectivity index (χ0v) is 6.89. The number of hydrogen-bond acceptors (Lipinski definition) is 6. The third-order valence-electron chi connectivity index (χ3n) is 1.54. The molecule has 0 aromatic carbocycles. The van der Waals surface area contributed by atoms with Crippen molar-refractivity contribution in [1.29, 1.82) is 0 Å². The zero-order valence-electron chi connectivity index (χ0n) is 6.89. The Hall–Kier alpha value is -1.59. The molecule has 1 aliphatic heterocycles. The Balaban J connectivity index is 2.33. The number of carbonyl (C=O) groups is 3. The van der Waals surface area contributed by atoms with Gasteiger partial charge in [-0.3, -0.25) is 4.79 Å². The van der Waals surface area contributed by atoms with Crippen LogP contribution in [0.15, 0.2) is 0 Å². The van der Waals surface area contributed by atoms with Gasteiger partial charge < -0.3 is 14.2 Å². The van der Waals surface area contributed by atoms with Crippen molar-refractivity contribution in [2.45, 2.75) is 19.1 Å². The van der Waals surface area contributed by atoms with Crippen LogP contribution in [0.1, 0.15) is 6.92 Å². The fourth-order valence-corrected chi connectivity index (χ4v) is 0.843. The van der Waals surface area contributed by atoms with Crippen LogP contribution in [0.2, 0.25) is 0 Å². The van der Waals surface area contributed by atoms with Crippen LogP contribution >= 0.6 is 0 Å². The molecule has 0 radical (unpaired) electrons. The number of cyclic esters (lactones) is 2. The second-order valence-electron chi connectivity index (χ2n) is 2.48. The maximum atomic E-state index is 10.5. The van der Waals surface area contributed by atoms with Crippen LogP contribution in [0.4, 0.5) is 4.79 Å². The van der Waals surface area contributed by atoms with Crippen molar-refractivity contribution in [3.63, 3.8) is 0 Å². The lowest BCUT2D eigenvalue weighted by molar-refractivity contribution is -0.150. The molecule has 0 aliphatic carbocycles. The molecule has 13 heavy (non-hydrogen) atoms. The van der Waals surface area contributed by atoms with Gasteiger partial charge in [0.1, 0.15) is 12.7 Å². The van der Waals surface area contributed by atoms with Crippen LogP contribution in [0.5, 0.6) is 0 Å². The second-order valence-corrected chi connectivity index (χ2v) is 2.48. The van der Waals surface area contributed by atoms with E-state index in [1.54, 1.807) is 6.92 Å². The monoisotopic (exact) mass is 188 g/mol. The van der Waals surface area contributed by atoms with Gasteiger partial charge in [-0.25, -0.2) is 9.59 Å². The van der Waals surface area contributed by atoms with E-state index in [0.717, 1.165) is 0 Å². The third kappa shape index (κ3) is 2.43. The average Bonchev–Trinajstić information content (AvgIpc) is 2.41. The summed E-state index contributed by atoms with van der Waals surface area (Å²) in [4.78, 5) is 30.8. The zero-order chi connectivity index (χ0) is 9.84. The topological polar surface area (TPSA) is 78.9 Å². The van der Waals surface area contributed by atoms with Crippen molar-refractivity contribution in [3.05, 3.63) is 0 Å². The van der Waals surface area contributed by atoms with Crippen LogP contribution < -0.4 is 0 Å². The summed E-state index contributed by atoms with van der Waals surface area (Å²) in [7, 11) is 0. The number of hydrogen-bond donors (Lipinski definition) is 0. The van der Waals surface area contributed by atoms with E-state index in [1.165, 1.54) is 0 Å². The van der Waals surface area contributed by atoms with Crippen molar-refractivity contribution in [3.8, 4) is 0 Å². The molecule has 6 heteroatoms. The van der Waals surface area contributed by atoms with Gasteiger partial charge in [0.05, 0.1) is 0 Å². The molecule has 1 heterocycles. The van der Waals surface area contributed by atoms with E-state index < -0.39 is 24.3 Å². The first kappa shape index (κ1) is 9.50. The van der Waals surface area contributed by atoms with E-state index in [4.69, 9.17) is 0 Å². The predicted octanol–water partition coefficient (Wildman–Crippen LogP) is -0.348. The van der Waals surface area contributed by atoms with E-state index in [1.807, 2.05) is 0 Å². The van der Waals surface area contributed by atoms with E-state index in [-0.39, 0.29) is 12.9 Å². The number of aldehydes is 1. The highest BCUT2D eigenvalue weighted by Gasteiger charge is 2.33. The minimum Gasteiger partial charge on any atom is -0.456 e. The lowest BCUT2D eigenvalue weighted by atomic mass is 10.2. The summed E-state index contributed by atoms with van der Waals surface area (Å²) >= 11 is 0. The number of ether oxygens (including phenoxy) is 3. The largest absolute Gasteiger partial charge is 0.509 e. The fourth-order valence-electron chi connectivity index (χ4n) is 0.843. The quantitative estimate of drug-likeness (QED) is 0.342. The molecule has 0 aromatic rings. The molecule has 0 aromatic heterocycles. The van der Waals surface area contributed by atoms with Gasteiger partial charge in [-0.1, -0.05) is 0 Å². The highest BCUT2D eigenvalue weighted by atomic mass is 16.8. The molecule has 0 bridgehead atoms. The Kier molecular flexibility index (Phi) is 2.84. The molecule has 72 valence electrons. The van der Waals surface area contributed by atoms with Crippen molar-refractivity contribution < 1.29 is 28.6 Å². The highest BCUT2D eigenvalue weighted by molar-refractivity contribution is 6.20. The van der Waals surface area contributed by atoms with Crippen molar-refractivity contribution >= 4 is 18.4 Å². The average molecular weight is 188 g/mol. The molecular weight excluding hydrogens is 180 g/mol. The van der Waals surface area contributed by atoms with Gasteiger partial charge in [-0.15, -0.1) is 0 Å². The van der Waals surface area contributed by atoms with Gasteiger partial charge in [0.2, 0.25) is 6.29 Å². The van der Waals surface area contributed by atoms with Crippen molar-refractivity contribution in [2.75, 3.05) is 6.61 Å². The molecular formula is C7H8O6. The van der Waals surface area contributed by atoms with Gasteiger partial charge in [0.15, 0.2) is 6.10 Å². The van der Waals surface area contributed by atoms with Gasteiger partial charge in [0, 0.05) is 0 Å². The number of esters is 1. The molecule has 1 fully saturated rings. The van der Waals surface area contributed by atoms with Crippen molar-refractivity contribution in [2.24, 2.45) is 0 Å². The third-order valence-corrected chi connectivity index (χ3v) is 1.54. The Morgan fingerprint density at radius 1 is 1.62 bits per heavy atom. The normalized spacial score (nSPS) is 26.1. The Bertz CT molecular complexity index is 235. The molecule has 6 nitrogen and oxygen atoms in total. The lowest BCUT2D eigenvalue weighted by Crippen LogP contribution is -2.26. The molecule has 1 saturated heterocycles. The van der Waals surface area contributed by atoms with E-state index in [9.17, 15) is 14.4 Å². The predicted molar refractivity (Wildman–Crippen MR) is 37.8 cm³/mol. The SMILES string of the molecule is CC1OC(=O)OC1COC(=O)C=O. The highest BCUT2D eigenvalue weighted by Crippen LogP contribution is 2.14. The molecule has 2 atom stereocenters. The smallest absolute Gasteiger partial charge is 0.456 e. The molecule has 0 amide bonds. The molecule has 2 unspecified atom stereocenters. The summed E-state index contributed by atoms with van der Waals surface area (Å²) in [5.74, 6) is -0.991. The van der Waals surface area contributed by atoms with E-state index in [2.05, 4.69) is 14.2 Å². The first-order valence-electron chi connectivity index (χ1n) is 3.62. The van der Waals surface area contributed by atoms with Crippen LogP contribution in [-0.2, 0) is 23.8 Å².